The van der Waals surface area contributed by atoms with Gasteiger partial charge in [0.1, 0.15) is 0 Å². The molecule has 0 spiro atoms. The molecule has 0 aliphatic carbocycles. The van der Waals surface area contributed by atoms with Gasteiger partial charge >= 0.3 is 0 Å². The van der Waals surface area contributed by atoms with Crippen molar-refractivity contribution in [3.05, 3.63) is 71.4 Å². The van der Waals surface area contributed by atoms with Crippen LogP contribution in [-0.4, -0.2) is 16.7 Å². The Balaban J connectivity index is 1.81. The smallest absolute Gasteiger partial charge is 0.271 e. The summed E-state index contributed by atoms with van der Waals surface area (Å²) in [6, 6.07) is 15.6. The molecule has 1 amide bonds. The zero-order valence-electron chi connectivity index (χ0n) is 13.3. The first-order chi connectivity index (χ1) is 11.2. The average Bonchev–Trinajstić information content (AvgIpc) is 2.93. The van der Waals surface area contributed by atoms with E-state index in [1.807, 2.05) is 43.5 Å². The Hall–Kier alpha value is -2.88. The van der Waals surface area contributed by atoms with E-state index in [0.717, 1.165) is 23.1 Å². The number of nitrogens with one attached hydrogen (secondary N) is 1. The van der Waals surface area contributed by atoms with Crippen LogP contribution in [0.3, 0.4) is 0 Å². The summed E-state index contributed by atoms with van der Waals surface area (Å²) >= 11 is 0. The average molecular weight is 305 g/mol. The molecule has 4 nitrogen and oxygen atoms in total. The van der Waals surface area contributed by atoms with Crippen LogP contribution in [0.15, 0.2) is 59.8 Å². The van der Waals surface area contributed by atoms with Crippen LogP contribution in [0, 0.1) is 6.92 Å². The monoisotopic (exact) mass is 305 g/mol. The van der Waals surface area contributed by atoms with E-state index in [2.05, 4.69) is 34.2 Å². The van der Waals surface area contributed by atoms with Crippen molar-refractivity contribution in [2.24, 2.45) is 5.10 Å². The number of amides is 1. The lowest BCUT2D eigenvalue weighted by atomic mass is 10.1. The Labute approximate surface area is 135 Å². The van der Waals surface area contributed by atoms with Gasteiger partial charge in [-0.15, -0.1) is 0 Å². The minimum atomic E-state index is -0.196. The molecule has 0 aliphatic rings. The van der Waals surface area contributed by atoms with Gasteiger partial charge in [-0.3, -0.25) is 4.79 Å². The molecule has 116 valence electrons. The Kier molecular flexibility index (Phi) is 4.24. The number of aryl methyl sites for hydroxylation is 2. The highest BCUT2D eigenvalue weighted by Crippen LogP contribution is 2.19. The Morgan fingerprint density at radius 2 is 1.91 bits per heavy atom. The first-order valence-electron chi connectivity index (χ1n) is 7.67. The predicted molar refractivity (Wildman–Crippen MR) is 93.9 cm³/mol. The Bertz CT molecular complexity index is 877. The highest BCUT2D eigenvalue weighted by molar-refractivity contribution is 6.00. The molecular weight excluding hydrogens is 286 g/mol. The summed E-state index contributed by atoms with van der Waals surface area (Å²) in [6.45, 7) is 4.91. The molecule has 0 fully saturated rings. The summed E-state index contributed by atoms with van der Waals surface area (Å²) in [4.78, 5) is 12.2. The van der Waals surface area contributed by atoms with E-state index in [9.17, 15) is 4.79 Å². The fourth-order valence-corrected chi connectivity index (χ4v) is 2.69. The lowest BCUT2D eigenvalue weighted by Crippen LogP contribution is -2.18. The summed E-state index contributed by atoms with van der Waals surface area (Å²) in [5.41, 5.74) is 6.34. The number of benzene rings is 2. The maximum absolute atomic E-state index is 12.2. The van der Waals surface area contributed by atoms with Gasteiger partial charge < -0.3 is 4.57 Å². The van der Waals surface area contributed by atoms with Crippen LogP contribution in [0.5, 0.6) is 0 Å². The second-order valence-electron chi connectivity index (χ2n) is 5.40. The van der Waals surface area contributed by atoms with Gasteiger partial charge in [-0.05, 0) is 31.5 Å². The van der Waals surface area contributed by atoms with Gasteiger partial charge in [0.05, 0.1) is 6.21 Å². The maximum atomic E-state index is 12.2. The highest BCUT2D eigenvalue weighted by atomic mass is 16.2. The van der Waals surface area contributed by atoms with Crippen molar-refractivity contribution < 1.29 is 4.79 Å². The van der Waals surface area contributed by atoms with E-state index in [-0.39, 0.29) is 5.91 Å². The van der Waals surface area contributed by atoms with Gasteiger partial charge in [0.2, 0.25) is 0 Å². The molecule has 0 atom stereocenters. The van der Waals surface area contributed by atoms with Gasteiger partial charge in [0.25, 0.3) is 5.91 Å². The van der Waals surface area contributed by atoms with E-state index < -0.39 is 0 Å². The van der Waals surface area contributed by atoms with Crippen LogP contribution in [-0.2, 0) is 6.54 Å². The number of hydrogen-bond donors (Lipinski definition) is 1. The molecule has 1 heterocycles. The van der Waals surface area contributed by atoms with Gasteiger partial charge in [-0.2, -0.15) is 5.10 Å². The summed E-state index contributed by atoms with van der Waals surface area (Å²) in [7, 11) is 0. The Morgan fingerprint density at radius 1 is 1.17 bits per heavy atom. The summed E-state index contributed by atoms with van der Waals surface area (Å²) < 4.78 is 2.17. The number of hydrazone groups is 1. The molecule has 3 aromatic rings. The zero-order valence-corrected chi connectivity index (χ0v) is 13.3. The van der Waals surface area contributed by atoms with E-state index in [0.29, 0.717) is 5.56 Å². The molecule has 1 N–H and O–H groups in total. The lowest BCUT2D eigenvalue weighted by Gasteiger charge is -2.02. The number of aromatic nitrogens is 1. The van der Waals surface area contributed by atoms with Crippen molar-refractivity contribution in [3.8, 4) is 0 Å². The fraction of sp³-hybridized carbons (Fsp3) is 0.158. The third-order valence-electron chi connectivity index (χ3n) is 3.92. The number of nitrogens with zero attached hydrogens (tertiary/aromatic N) is 2. The van der Waals surface area contributed by atoms with Crippen molar-refractivity contribution in [2.45, 2.75) is 20.4 Å². The van der Waals surface area contributed by atoms with Crippen LogP contribution in [0.1, 0.15) is 28.4 Å². The summed E-state index contributed by atoms with van der Waals surface area (Å²) in [5.74, 6) is -0.196. The molecule has 0 radical (unpaired) electrons. The minimum absolute atomic E-state index is 0.196. The molecule has 23 heavy (non-hydrogen) atoms. The third kappa shape index (κ3) is 3.01. The summed E-state index contributed by atoms with van der Waals surface area (Å²) in [6.07, 6.45) is 3.75. The van der Waals surface area contributed by atoms with Gasteiger partial charge in [0.15, 0.2) is 0 Å². The molecule has 1 aromatic heterocycles. The maximum Gasteiger partial charge on any atom is 0.271 e. The van der Waals surface area contributed by atoms with Crippen molar-refractivity contribution in [2.75, 3.05) is 0 Å². The minimum Gasteiger partial charge on any atom is -0.347 e. The van der Waals surface area contributed by atoms with Gasteiger partial charge in [-0.25, -0.2) is 5.43 Å². The number of carbonyl (C=O) groups excluding carboxylic acids is 1. The molecule has 0 saturated carbocycles. The second kappa shape index (κ2) is 6.48. The van der Waals surface area contributed by atoms with E-state index >= 15 is 0 Å². The largest absolute Gasteiger partial charge is 0.347 e. The first-order valence-corrected chi connectivity index (χ1v) is 7.67. The van der Waals surface area contributed by atoms with Crippen molar-refractivity contribution in [1.29, 1.82) is 0 Å². The van der Waals surface area contributed by atoms with E-state index in [1.165, 1.54) is 5.52 Å². The quantitative estimate of drug-likeness (QED) is 0.579. The van der Waals surface area contributed by atoms with Gasteiger partial charge in [-0.1, -0.05) is 36.4 Å². The molecule has 4 heteroatoms. The van der Waals surface area contributed by atoms with Crippen molar-refractivity contribution in [1.82, 2.24) is 9.99 Å². The molecule has 3 rings (SSSR count). The number of carbonyl (C=O) groups is 1. The topological polar surface area (TPSA) is 46.4 Å². The molecular formula is C19H19N3O. The second-order valence-corrected chi connectivity index (χ2v) is 5.40. The lowest BCUT2D eigenvalue weighted by molar-refractivity contribution is 0.0954. The predicted octanol–water partition coefficient (Wildman–Crippen LogP) is 3.73. The molecule has 0 saturated heterocycles. The number of rotatable bonds is 4. The fourth-order valence-electron chi connectivity index (χ4n) is 2.69. The Morgan fingerprint density at radius 3 is 2.70 bits per heavy atom. The van der Waals surface area contributed by atoms with E-state index in [1.54, 1.807) is 12.3 Å². The van der Waals surface area contributed by atoms with Crippen LogP contribution in [0.4, 0.5) is 0 Å². The van der Waals surface area contributed by atoms with Crippen molar-refractivity contribution in [3.63, 3.8) is 0 Å². The van der Waals surface area contributed by atoms with E-state index in [4.69, 9.17) is 0 Å². The van der Waals surface area contributed by atoms with Crippen LogP contribution < -0.4 is 5.43 Å². The zero-order chi connectivity index (χ0) is 16.2. The normalized spacial score (nSPS) is 11.2. The summed E-state index contributed by atoms with van der Waals surface area (Å²) in [5, 5.41) is 5.25. The SMILES string of the molecule is CCn1cc(/C=N/NC(=O)c2ccccc2C)c2ccccc21. The standard InChI is InChI=1S/C19H19N3O/c1-3-22-13-15(17-10-6-7-11-18(17)22)12-20-21-19(23)16-9-5-4-8-14(16)2/h4-13H,3H2,1-2H3,(H,21,23)/b20-12+. The molecule has 0 unspecified atom stereocenters. The molecule has 0 aliphatic heterocycles. The van der Waals surface area contributed by atoms with Gasteiger partial charge in [0, 0.05) is 34.8 Å². The number of fused-ring (bicyclic) bond motifs is 1. The molecule has 0 bridgehead atoms. The molecule has 2 aromatic carbocycles. The van der Waals surface area contributed by atoms with Crippen LogP contribution in [0.2, 0.25) is 0 Å². The highest BCUT2D eigenvalue weighted by Gasteiger charge is 2.07. The van der Waals surface area contributed by atoms with Crippen LogP contribution >= 0.6 is 0 Å². The first kappa shape index (κ1) is 15.0. The van der Waals surface area contributed by atoms with Crippen LogP contribution in [0.25, 0.3) is 10.9 Å². The third-order valence-corrected chi connectivity index (χ3v) is 3.92. The van der Waals surface area contributed by atoms with Crippen molar-refractivity contribution >= 4 is 23.0 Å². The number of hydrogen-bond acceptors (Lipinski definition) is 2. The number of para-hydroxylation sites is 1.